The molecule has 4 heteroatoms. The Hall–Kier alpha value is -1.81. The molecule has 2 bridgehead atoms. The van der Waals surface area contributed by atoms with E-state index in [9.17, 15) is 4.79 Å². The van der Waals surface area contributed by atoms with Gasteiger partial charge in [-0.2, -0.15) is 0 Å². The van der Waals surface area contributed by atoms with Gasteiger partial charge in [-0.25, -0.2) is 4.79 Å². The first kappa shape index (κ1) is 14.8. The van der Waals surface area contributed by atoms with Crippen molar-refractivity contribution in [2.24, 2.45) is 0 Å². The van der Waals surface area contributed by atoms with E-state index in [1.165, 1.54) is 12.8 Å². The number of esters is 1. The molecule has 4 rings (SSSR count). The maximum Gasteiger partial charge on any atom is 0.340 e. The van der Waals surface area contributed by atoms with Crippen molar-refractivity contribution in [2.75, 3.05) is 7.05 Å². The number of rotatable bonds is 3. The second-order valence-corrected chi connectivity index (χ2v) is 6.90. The largest absolute Gasteiger partial charge is 0.459 e. The minimum atomic E-state index is -0.164. The van der Waals surface area contributed by atoms with Crippen LogP contribution in [-0.2, 0) is 11.3 Å². The van der Waals surface area contributed by atoms with Crippen LogP contribution in [0.25, 0.3) is 10.9 Å². The second-order valence-electron chi connectivity index (χ2n) is 6.90. The summed E-state index contributed by atoms with van der Waals surface area (Å²) in [5.74, 6) is -0.164. The van der Waals surface area contributed by atoms with Crippen molar-refractivity contribution in [2.45, 2.75) is 57.3 Å². The van der Waals surface area contributed by atoms with Crippen molar-refractivity contribution in [1.82, 2.24) is 9.47 Å². The first-order chi connectivity index (χ1) is 11.2. The van der Waals surface area contributed by atoms with E-state index in [0.29, 0.717) is 17.6 Å². The van der Waals surface area contributed by atoms with Crippen molar-refractivity contribution in [3.8, 4) is 0 Å². The zero-order chi connectivity index (χ0) is 16.0. The van der Waals surface area contributed by atoms with Crippen LogP contribution in [0, 0.1) is 0 Å². The Bertz CT molecular complexity index is 722. The van der Waals surface area contributed by atoms with Crippen molar-refractivity contribution in [3.05, 3.63) is 36.0 Å². The second kappa shape index (κ2) is 5.68. The summed E-state index contributed by atoms with van der Waals surface area (Å²) >= 11 is 0. The molecule has 2 saturated heterocycles. The summed E-state index contributed by atoms with van der Waals surface area (Å²) in [4.78, 5) is 15.2. The van der Waals surface area contributed by atoms with Crippen LogP contribution in [0.3, 0.4) is 0 Å². The summed E-state index contributed by atoms with van der Waals surface area (Å²) in [5, 5.41) is 0.996. The van der Waals surface area contributed by atoms with E-state index in [1.54, 1.807) is 0 Å². The van der Waals surface area contributed by atoms with E-state index < -0.39 is 0 Å². The van der Waals surface area contributed by atoms with Gasteiger partial charge in [-0.3, -0.25) is 0 Å². The number of hydrogen-bond acceptors (Lipinski definition) is 3. The maximum atomic E-state index is 12.7. The molecule has 2 fully saturated rings. The van der Waals surface area contributed by atoms with Gasteiger partial charge in [-0.15, -0.1) is 0 Å². The third kappa shape index (κ3) is 2.45. The van der Waals surface area contributed by atoms with Gasteiger partial charge in [0.15, 0.2) is 0 Å². The monoisotopic (exact) mass is 312 g/mol. The average Bonchev–Trinajstić information content (AvgIpc) is 3.01. The molecule has 0 amide bonds. The SMILES string of the molecule is CCn1cc(C(=O)OC2C[C@H]3CC[C@@H](C2)N3C)c2ccccc21. The normalized spacial score (nSPS) is 27.5. The lowest BCUT2D eigenvalue weighted by Crippen LogP contribution is -2.43. The van der Waals surface area contributed by atoms with Gasteiger partial charge in [0.2, 0.25) is 0 Å². The summed E-state index contributed by atoms with van der Waals surface area (Å²) in [5.41, 5.74) is 1.80. The Kier molecular flexibility index (Phi) is 3.64. The highest BCUT2D eigenvalue weighted by Gasteiger charge is 2.40. The molecule has 0 N–H and O–H groups in total. The first-order valence-corrected chi connectivity index (χ1v) is 8.68. The molecule has 2 aliphatic rings. The highest BCUT2D eigenvalue weighted by Crippen LogP contribution is 2.36. The van der Waals surface area contributed by atoms with Gasteiger partial charge < -0.3 is 14.2 Å². The molecular weight excluding hydrogens is 288 g/mol. The molecule has 1 unspecified atom stereocenters. The first-order valence-electron chi connectivity index (χ1n) is 8.68. The van der Waals surface area contributed by atoms with E-state index in [4.69, 9.17) is 4.74 Å². The van der Waals surface area contributed by atoms with E-state index in [1.807, 2.05) is 24.4 Å². The average molecular weight is 312 g/mol. The molecule has 122 valence electrons. The fourth-order valence-electron chi connectivity index (χ4n) is 4.34. The van der Waals surface area contributed by atoms with E-state index in [0.717, 1.165) is 30.3 Å². The number of piperidine rings is 1. The van der Waals surface area contributed by atoms with E-state index in [2.05, 4.69) is 29.5 Å². The summed E-state index contributed by atoms with van der Waals surface area (Å²) in [6.45, 7) is 2.95. The smallest absolute Gasteiger partial charge is 0.340 e. The Morgan fingerprint density at radius 3 is 2.61 bits per heavy atom. The van der Waals surface area contributed by atoms with Crippen LogP contribution in [0.4, 0.5) is 0 Å². The van der Waals surface area contributed by atoms with Crippen molar-refractivity contribution in [3.63, 3.8) is 0 Å². The van der Waals surface area contributed by atoms with Crippen molar-refractivity contribution < 1.29 is 9.53 Å². The predicted octanol–water partition coefficient (Wildman–Crippen LogP) is 3.44. The Labute approximate surface area is 137 Å². The highest BCUT2D eigenvalue weighted by molar-refractivity contribution is 6.04. The minimum Gasteiger partial charge on any atom is -0.459 e. The van der Waals surface area contributed by atoms with Crippen LogP contribution in [0.15, 0.2) is 30.5 Å². The number of aryl methyl sites for hydroxylation is 1. The summed E-state index contributed by atoms with van der Waals surface area (Å²) in [6.07, 6.45) is 6.45. The van der Waals surface area contributed by atoms with Gasteiger partial charge in [0.25, 0.3) is 0 Å². The number of carbonyl (C=O) groups excluding carboxylic acids is 1. The molecule has 2 aromatic rings. The molecule has 4 nitrogen and oxygen atoms in total. The third-order valence-corrected chi connectivity index (χ3v) is 5.68. The fourth-order valence-corrected chi connectivity index (χ4v) is 4.34. The Balaban J connectivity index is 1.56. The summed E-state index contributed by atoms with van der Waals surface area (Å²) in [6, 6.07) is 9.24. The molecule has 0 aliphatic carbocycles. The van der Waals surface area contributed by atoms with Crippen LogP contribution >= 0.6 is 0 Å². The highest BCUT2D eigenvalue weighted by atomic mass is 16.5. The lowest BCUT2D eigenvalue weighted by atomic mass is 10.0. The number of fused-ring (bicyclic) bond motifs is 3. The van der Waals surface area contributed by atoms with Crippen molar-refractivity contribution >= 4 is 16.9 Å². The maximum absolute atomic E-state index is 12.7. The number of ether oxygens (including phenoxy) is 1. The van der Waals surface area contributed by atoms with E-state index in [-0.39, 0.29) is 12.1 Å². The number of aromatic nitrogens is 1. The molecule has 1 aromatic heterocycles. The van der Waals surface area contributed by atoms with Gasteiger partial charge in [0.05, 0.1) is 5.56 Å². The minimum absolute atomic E-state index is 0.0694. The number of hydrogen-bond donors (Lipinski definition) is 0. The number of carbonyl (C=O) groups is 1. The van der Waals surface area contributed by atoms with Gasteiger partial charge >= 0.3 is 5.97 Å². The molecule has 0 saturated carbocycles. The van der Waals surface area contributed by atoms with Gasteiger partial charge in [-0.1, -0.05) is 18.2 Å². The zero-order valence-corrected chi connectivity index (χ0v) is 13.9. The quantitative estimate of drug-likeness (QED) is 0.814. The third-order valence-electron chi connectivity index (χ3n) is 5.68. The molecule has 2 aliphatic heterocycles. The fraction of sp³-hybridized carbons (Fsp3) is 0.526. The van der Waals surface area contributed by atoms with Gasteiger partial charge in [0, 0.05) is 48.6 Å². The molecule has 23 heavy (non-hydrogen) atoms. The number of nitrogens with zero attached hydrogens (tertiary/aromatic N) is 2. The van der Waals surface area contributed by atoms with Gasteiger partial charge in [-0.05, 0) is 32.9 Å². The Morgan fingerprint density at radius 1 is 1.22 bits per heavy atom. The standard InChI is InChI=1S/C19H24N2O2/c1-3-21-12-17(16-6-4-5-7-18(16)21)19(22)23-15-10-13-8-9-14(11-15)20(13)2/h4-7,12-15H,3,8-11H2,1-2H3/t13-,14+,15?. The van der Waals surface area contributed by atoms with Gasteiger partial charge in [0.1, 0.15) is 6.10 Å². The zero-order valence-electron chi connectivity index (χ0n) is 13.9. The number of benzene rings is 1. The molecule has 0 radical (unpaired) electrons. The summed E-state index contributed by atoms with van der Waals surface area (Å²) < 4.78 is 8.01. The predicted molar refractivity (Wildman–Crippen MR) is 90.6 cm³/mol. The lowest BCUT2D eigenvalue weighted by molar-refractivity contribution is -0.000281. The van der Waals surface area contributed by atoms with Crippen LogP contribution in [0.5, 0.6) is 0 Å². The molecule has 3 heterocycles. The van der Waals surface area contributed by atoms with Crippen LogP contribution in [0.2, 0.25) is 0 Å². The molecule has 0 spiro atoms. The van der Waals surface area contributed by atoms with Crippen LogP contribution in [0.1, 0.15) is 43.0 Å². The van der Waals surface area contributed by atoms with Crippen LogP contribution < -0.4 is 0 Å². The van der Waals surface area contributed by atoms with Crippen LogP contribution in [-0.4, -0.2) is 40.7 Å². The van der Waals surface area contributed by atoms with Crippen molar-refractivity contribution in [1.29, 1.82) is 0 Å². The lowest BCUT2D eigenvalue weighted by Gasteiger charge is -2.35. The Morgan fingerprint density at radius 2 is 1.91 bits per heavy atom. The topological polar surface area (TPSA) is 34.5 Å². The number of para-hydroxylation sites is 1. The van der Waals surface area contributed by atoms with E-state index >= 15 is 0 Å². The summed E-state index contributed by atoms with van der Waals surface area (Å²) in [7, 11) is 2.20. The molecular formula is C19H24N2O2. The molecule has 1 aromatic carbocycles. The molecule has 3 atom stereocenters.